The van der Waals surface area contributed by atoms with Crippen LogP contribution in [0.5, 0.6) is 5.75 Å². The molecule has 1 saturated heterocycles. The van der Waals surface area contributed by atoms with Gasteiger partial charge in [0, 0.05) is 36.7 Å². The smallest absolute Gasteiger partial charge is 0.380 e. The van der Waals surface area contributed by atoms with E-state index in [2.05, 4.69) is 32.7 Å². The first-order chi connectivity index (χ1) is 22.8. The second-order valence-electron chi connectivity index (χ2n) is 12.4. The summed E-state index contributed by atoms with van der Waals surface area (Å²) in [4.78, 5) is 27.9. The molecule has 1 aromatic carbocycles. The van der Waals surface area contributed by atoms with Crippen molar-refractivity contribution in [3.63, 3.8) is 0 Å². The molecule has 4 rings (SSSR count). The van der Waals surface area contributed by atoms with Crippen molar-refractivity contribution >= 4 is 16.1 Å². The Balaban J connectivity index is 1.46. The third kappa shape index (κ3) is 9.20. The summed E-state index contributed by atoms with van der Waals surface area (Å²) in [6, 6.07) is 9.55. The molecule has 0 amide bonds. The van der Waals surface area contributed by atoms with E-state index in [1.165, 1.54) is 10.8 Å². The minimum absolute atomic E-state index is 0.0515. The van der Waals surface area contributed by atoms with Gasteiger partial charge in [0.1, 0.15) is 29.2 Å². The number of hydrogen-bond acceptors (Lipinski definition) is 11. The van der Waals surface area contributed by atoms with Crippen LogP contribution < -0.4 is 15.8 Å². The van der Waals surface area contributed by atoms with Crippen LogP contribution in [-0.4, -0.2) is 64.4 Å². The number of aromatic amines is 1. The van der Waals surface area contributed by atoms with Crippen LogP contribution in [0.4, 0.5) is 0 Å². The molecule has 0 bridgehead atoms. The summed E-state index contributed by atoms with van der Waals surface area (Å²) >= 11 is 0. The molecule has 0 spiro atoms. The number of para-hydroxylation sites is 1. The number of H-pyrrole nitrogens is 1. The van der Waals surface area contributed by atoms with Crippen molar-refractivity contribution in [2.45, 2.75) is 103 Å². The van der Waals surface area contributed by atoms with Gasteiger partial charge in [0.25, 0.3) is 14.1 Å². The zero-order valence-corrected chi connectivity index (χ0v) is 29.4. The van der Waals surface area contributed by atoms with Crippen LogP contribution >= 0.6 is 16.1 Å². The SMILES string of the molecule is [2H]OCC1OC(n2cc(C#CCCCP3(=O)Oc4ccccc4C(C)(C)O3)c(=O)[nH]c2=O)CC1OP(OCCC#N)N(C(C)C)C(C)C. The zero-order chi connectivity index (χ0) is 35.1. The summed E-state index contributed by atoms with van der Waals surface area (Å²) in [5, 5.41) is 13.7. The maximum absolute atomic E-state index is 13.4. The molecule has 2 aromatic rings. The Morgan fingerprint density at radius 3 is 2.70 bits per heavy atom. The fraction of sp³-hybridized carbons (Fsp3) is 0.594. The Bertz CT molecular complexity index is 1670. The summed E-state index contributed by atoms with van der Waals surface area (Å²) in [5.41, 5.74) is -1.23. The molecule has 0 aliphatic carbocycles. The second-order valence-corrected chi connectivity index (χ2v) is 15.8. The van der Waals surface area contributed by atoms with Gasteiger partial charge in [-0.25, -0.2) is 14.0 Å². The zero-order valence-electron chi connectivity index (χ0n) is 28.6. The number of fused-ring (bicyclic) bond motifs is 1. The van der Waals surface area contributed by atoms with Crippen molar-refractivity contribution in [1.29, 1.82) is 6.69 Å². The first kappa shape index (κ1) is 35.5. The fourth-order valence-electron chi connectivity index (χ4n) is 5.55. The Morgan fingerprint density at radius 2 is 2.00 bits per heavy atom. The van der Waals surface area contributed by atoms with Gasteiger partial charge in [-0.2, -0.15) is 5.26 Å². The van der Waals surface area contributed by atoms with Gasteiger partial charge < -0.3 is 23.4 Å². The predicted octanol–water partition coefficient (Wildman–Crippen LogP) is 5.15. The lowest BCUT2D eigenvalue weighted by molar-refractivity contribution is -0.0439. The molecule has 2 aliphatic heterocycles. The maximum Gasteiger partial charge on any atom is 0.380 e. The maximum atomic E-state index is 13.4. The number of rotatable bonds is 14. The summed E-state index contributed by atoms with van der Waals surface area (Å²) < 4.78 is 54.3. The van der Waals surface area contributed by atoms with E-state index < -0.39 is 51.4 Å². The molecule has 5 unspecified atom stereocenters. The van der Waals surface area contributed by atoms with Gasteiger partial charge in [-0.3, -0.25) is 18.9 Å². The molecular weight excluding hydrogens is 646 g/mol. The topological polar surface area (TPSA) is 165 Å². The van der Waals surface area contributed by atoms with Gasteiger partial charge in [0.2, 0.25) is 1.43 Å². The molecule has 0 radical (unpaired) electrons. The lowest BCUT2D eigenvalue weighted by Crippen LogP contribution is -2.36. The number of aliphatic hydroxyl groups excluding tert-OH is 1. The van der Waals surface area contributed by atoms with E-state index in [1.807, 2.05) is 59.7 Å². The molecule has 13 nitrogen and oxygen atoms in total. The molecule has 3 heterocycles. The first-order valence-corrected chi connectivity index (χ1v) is 18.6. The number of unbranched alkanes of at least 4 members (excludes halogenated alkanes) is 1. The number of nitrogens with one attached hydrogen (secondary N) is 1. The molecule has 15 heteroatoms. The Kier molecular flexibility index (Phi) is 12.1. The van der Waals surface area contributed by atoms with E-state index in [0.29, 0.717) is 18.6 Å². The van der Waals surface area contributed by atoms with Gasteiger partial charge in [0.15, 0.2) is 0 Å². The first-order valence-electron chi connectivity index (χ1n) is 16.1. The average Bonchev–Trinajstić information content (AvgIpc) is 3.39. The third-order valence-electron chi connectivity index (χ3n) is 7.61. The van der Waals surface area contributed by atoms with Crippen molar-refractivity contribution < 1.29 is 32.5 Å². The molecule has 5 atom stereocenters. The van der Waals surface area contributed by atoms with E-state index >= 15 is 0 Å². The highest BCUT2D eigenvalue weighted by Gasteiger charge is 2.43. The molecule has 1 aromatic heterocycles. The van der Waals surface area contributed by atoms with Gasteiger partial charge in [-0.15, -0.1) is 0 Å². The number of ether oxygens (including phenoxy) is 1. The number of nitriles is 1. The van der Waals surface area contributed by atoms with Crippen molar-refractivity contribution in [1.82, 2.24) is 14.2 Å². The van der Waals surface area contributed by atoms with Crippen molar-refractivity contribution in [3.05, 3.63) is 62.4 Å². The standard InChI is InChI=1S/C32H44N4O9P2/c1-22(2)36(23(3)4)46(41-17-12-16-33)43-27-19-29(42-28(27)21-37)35-20-24(30(38)34-31(35)39)13-8-7-11-18-47(40)44-26-15-10-9-14-25(26)32(5,6)45-47/h9-10,14-15,20,22-23,27-29,37H,7,11-12,17-19,21H2,1-6H3,(H,34,38,39)/i37D. The van der Waals surface area contributed by atoms with Crippen molar-refractivity contribution in [2.24, 2.45) is 0 Å². The highest BCUT2D eigenvalue weighted by Crippen LogP contribution is 2.59. The minimum atomic E-state index is -3.43. The predicted molar refractivity (Wildman–Crippen MR) is 177 cm³/mol. The Morgan fingerprint density at radius 1 is 1.26 bits per heavy atom. The number of aromatic nitrogens is 2. The second kappa shape index (κ2) is 16.0. The van der Waals surface area contributed by atoms with E-state index in [1.54, 1.807) is 6.07 Å². The van der Waals surface area contributed by atoms with Crippen LogP contribution in [0.15, 0.2) is 40.1 Å². The molecule has 2 aliphatic rings. The monoisotopic (exact) mass is 691 g/mol. The highest BCUT2D eigenvalue weighted by molar-refractivity contribution is 7.54. The fourth-order valence-corrected chi connectivity index (χ4v) is 9.33. The number of benzene rings is 1. The van der Waals surface area contributed by atoms with Gasteiger partial charge in [0.05, 0.1) is 38.0 Å². The molecular formula is C32H44N4O9P2. The van der Waals surface area contributed by atoms with E-state index in [9.17, 15) is 14.2 Å². The summed E-state index contributed by atoms with van der Waals surface area (Å²) in [7, 11) is -5.06. The van der Waals surface area contributed by atoms with Crippen LogP contribution in [0.3, 0.4) is 0 Å². The van der Waals surface area contributed by atoms with Gasteiger partial charge in [-0.1, -0.05) is 30.0 Å². The summed E-state index contributed by atoms with van der Waals surface area (Å²) in [5.74, 6) is 6.28. The van der Waals surface area contributed by atoms with Gasteiger partial charge >= 0.3 is 13.3 Å². The molecule has 0 saturated carbocycles. The molecule has 47 heavy (non-hydrogen) atoms. The van der Waals surface area contributed by atoms with E-state index in [-0.39, 0.29) is 49.9 Å². The average molecular weight is 692 g/mol. The highest BCUT2D eigenvalue weighted by atomic mass is 31.2. The van der Waals surface area contributed by atoms with Crippen LogP contribution in [0, 0.1) is 23.2 Å². The molecule has 1 fully saturated rings. The van der Waals surface area contributed by atoms with Gasteiger partial charge in [-0.05, 0) is 54.0 Å². The number of nitrogens with zero attached hydrogens (tertiary/aromatic N) is 3. The summed E-state index contributed by atoms with van der Waals surface area (Å²) in [6.07, 6.45) is 0.387. The number of hydrogen-bond donors (Lipinski definition) is 2. The van der Waals surface area contributed by atoms with E-state index in [4.69, 9.17) is 29.5 Å². The largest absolute Gasteiger partial charge is 0.424 e. The van der Waals surface area contributed by atoms with Crippen LogP contribution in [0.25, 0.3) is 0 Å². The minimum Gasteiger partial charge on any atom is -0.424 e. The Labute approximate surface area is 278 Å². The molecule has 256 valence electrons. The quantitative estimate of drug-likeness (QED) is 0.153. The van der Waals surface area contributed by atoms with Crippen molar-refractivity contribution in [3.8, 4) is 23.7 Å². The van der Waals surface area contributed by atoms with Crippen LogP contribution in [0.1, 0.15) is 84.6 Å². The normalized spacial score (nSPS) is 24.3. The van der Waals surface area contributed by atoms with Crippen LogP contribution in [0.2, 0.25) is 0 Å². The third-order valence-corrected chi connectivity index (χ3v) is 11.8. The summed E-state index contributed by atoms with van der Waals surface area (Å²) in [6.45, 7) is 11.8. The number of aliphatic hydroxyl groups is 1. The lowest BCUT2D eigenvalue weighted by Gasteiger charge is -2.37. The van der Waals surface area contributed by atoms with E-state index in [0.717, 1.165) is 5.56 Å². The Hall–Kier alpha value is -2.83. The molecule has 2 N–H and O–H groups in total. The lowest BCUT2D eigenvalue weighted by atomic mass is 9.98. The van der Waals surface area contributed by atoms with Crippen molar-refractivity contribution in [2.75, 3.05) is 19.4 Å². The van der Waals surface area contributed by atoms with Crippen LogP contribution in [-0.2, 0) is 28.5 Å².